The van der Waals surface area contributed by atoms with E-state index in [9.17, 15) is 0 Å². The normalized spacial score (nSPS) is 15.9. The number of nitrogens with two attached hydrogens (primary N) is 1. The average Bonchev–Trinajstić information content (AvgIpc) is 2.38. The zero-order valence-electron chi connectivity index (χ0n) is 10.2. The van der Waals surface area contributed by atoms with Crippen LogP contribution in [0.3, 0.4) is 0 Å². The fraction of sp³-hybridized carbons (Fsp3) is 0.538. The minimum absolute atomic E-state index is 0.0123. The highest BCUT2D eigenvalue weighted by Gasteiger charge is 2.13. The molecule has 0 fully saturated rings. The fourth-order valence-corrected chi connectivity index (χ4v) is 2.10. The van der Waals surface area contributed by atoms with E-state index in [0.29, 0.717) is 6.54 Å². The number of nitrogens with zero attached hydrogens (tertiary/aromatic N) is 1. The van der Waals surface area contributed by atoms with E-state index in [0.717, 1.165) is 30.9 Å². The summed E-state index contributed by atoms with van der Waals surface area (Å²) >= 11 is 0. The molecule has 0 aliphatic carbocycles. The van der Waals surface area contributed by atoms with Crippen molar-refractivity contribution in [2.24, 2.45) is 5.73 Å². The molecule has 0 spiro atoms. The van der Waals surface area contributed by atoms with E-state index in [4.69, 9.17) is 15.6 Å². The molecule has 4 heteroatoms. The zero-order chi connectivity index (χ0) is 12.3. The number of ether oxygens (including phenoxy) is 1. The first-order valence-corrected chi connectivity index (χ1v) is 6.04. The largest absolute Gasteiger partial charge is 0.493 e. The molecular weight excluding hydrogens is 216 g/mol. The molecule has 0 saturated heterocycles. The third-order valence-electron chi connectivity index (χ3n) is 3.08. The number of likely N-dealkylation sites (N-methyl/N-ethyl adjacent to an activating group) is 1. The molecule has 0 amide bonds. The summed E-state index contributed by atoms with van der Waals surface area (Å²) in [6, 6.07) is 6.00. The third-order valence-corrected chi connectivity index (χ3v) is 3.08. The Labute approximate surface area is 102 Å². The van der Waals surface area contributed by atoms with Crippen LogP contribution in [0.1, 0.15) is 12.0 Å². The number of rotatable bonds is 4. The van der Waals surface area contributed by atoms with Gasteiger partial charge in [0, 0.05) is 25.3 Å². The highest BCUT2D eigenvalue weighted by molar-refractivity contribution is 5.53. The van der Waals surface area contributed by atoms with Crippen molar-refractivity contribution in [2.45, 2.75) is 18.9 Å². The number of aliphatic hydroxyl groups excluding tert-OH is 1. The molecule has 1 aliphatic rings. The van der Waals surface area contributed by atoms with Crippen molar-refractivity contribution >= 4 is 5.69 Å². The summed E-state index contributed by atoms with van der Waals surface area (Å²) in [6.45, 7) is 1.48. The summed E-state index contributed by atoms with van der Waals surface area (Å²) < 4.78 is 5.58. The second-order valence-electron chi connectivity index (χ2n) is 4.57. The summed E-state index contributed by atoms with van der Waals surface area (Å²) in [5.74, 6) is 1.000. The van der Waals surface area contributed by atoms with Gasteiger partial charge >= 0.3 is 0 Å². The second kappa shape index (κ2) is 5.38. The molecule has 2 rings (SSSR count). The van der Waals surface area contributed by atoms with Crippen LogP contribution in [0.4, 0.5) is 5.69 Å². The topological polar surface area (TPSA) is 58.7 Å². The van der Waals surface area contributed by atoms with Crippen LogP contribution < -0.4 is 15.4 Å². The maximum Gasteiger partial charge on any atom is 0.122 e. The highest BCUT2D eigenvalue weighted by atomic mass is 16.5. The summed E-state index contributed by atoms with van der Waals surface area (Å²) in [7, 11) is 1.99. The van der Waals surface area contributed by atoms with E-state index in [-0.39, 0.29) is 12.6 Å². The maximum absolute atomic E-state index is 8.95. The Balaban J connectivity index is 2.10. The van der Waals surface area contributed by atoms with Crippen molar-refractivity contribution in [3.8, 4) is 5.75 Å². The van der Waals surface area contributed by atoms with Crippen molar-refractivity contribution in [3.05, 3.63) is 23.8 Å². The summed E-state index contributed by atoms with van der Waals surface area (Å²) in [6.07, 6.45) is 2.15. The van der Waals surface area contributed by atoms with Crippen LogP contribution in [0.25, 0.3) is 0 Å². The van der Waals surface area contributed by atoms with Gasteiger partial charge in [0.25, 0.3) is 0 Å². The monoisotopic (exact) mass is 236 g/mol. The smallest absolute Gasteiger partial charge is 0.122 e. The van der Waals surface area contributed by atoms with E-state index in [1.54, 1.807) is 0 Å². The zero-order valence-corrected chi connectivity index (χ0v) is 10.2. The van der Waals surface area contributed by atoms with E-state index >= 15 is 0 Å². The Hall–Kier alpha value is -1.26. The van der Waals surface area contributed by atoms with Crippen LogP contribution in [0.5, 0.6) is 5.75 Å². The van der Waals surface area contributed by atoms with Gasteiger partial charge in [-0.05, 0) is 36.6 Å². The van der Waals surface area contributed by atoms with Crippen molar-refractivity contribution in [2.75, 3.05) is 31.7 Å². The SMILES string of the molecule is CN(CC(N)CO)c1ccc2c(c1)CCCO2. The molecule has 0 aromatic heterocycles. The maximum atomic E-state index is 8.95. The highest BCUT2D eigenvalue weighted by Crippen LogP contribution is 2.28. The van der Waals surface area contributed by atoms with E-state index in [2.05, 4.69) is 11.0 Å². The molecule has 1 unspecified atom stereocenters. The first kappa shape index (κ1) is 12.2. The number of anilines is 1. The molecule has 4 nitrogen and oxygen atoms in total. The predicted octanol–water partition coefficient (Wildman–Crippen LogP) is 0.767. The molecule has 1 aromatic rings. The van der Waals surface area contributed by atoms with Crippen LogP contribution in [-0.2, 0) is 6.42 Å². The Kier molecular flexibility index (Phi) is 3.86. The number of hydrogen-bond acceptors (Lipinski definition) is 4. The van der Waals surface area contributed by atoms with Gasteiger partial charge < -0.3 is 20.5 Å². The molecule has 0 bridgehead atoms. The Morgan fingerprint density at radius 3 is 3.12 bits per heavy atom. The van der Waals surface area contributed by atoms with Crippen LogP contribution in [0.15, 0.2) is 18.2 Å². The fourth-order valence-electron chi connectivity index (χ4n) is 2.10. The molecule has 1 aromatic carbocycles. The minimum atomic E-state index is -0.202. The lowest BCUT2D eigenvalue weighted by molar-refractivity contribution is 0.267. The number of hydrogen-bond donors (Lipinski definition) is 2. The molecule has 94 valence electrons. The van der Waals surface area contributed by atoms with Gasteiger partial charge in [0.15, 0.2) is 0 Å². The molecule has 1 aliphatic heterocycles. The van der Waals surface area contributed by atoms with Gasteiger partial charge in [0.05, 0.1) is 13.2 Å². The number of aryl methyl sites for hydroxylation is 1. The molecule has 0 saturated carbocycles. The Morgan fingerprint density at radius 2 is 2.35 bits per heavy atom. The van der Waals surface area contributed by atoms with Crippen LogP contribution in [-0.4, -0.2) is 38.0 Å². The number of benzene rings is 1. The lowest BCUT2D eigenvalue weighted by Crippen LogP contribution is -2.37. The lowest BCUT2D eigenvalue weighted by Gasteiger charge is -2.25. The van der Waals surface area contributed by atoms with Crippen molar-refractivity contribution < 1.29 is 9.84 Å². The standard InChI is InChI=1S/C13H20N2O2/c1-15(8-11(14)9-16)12-4-5-13-10(7-12)3-2-6-17-13/h4-5,7,11,16H,2-3,6,8-9,14H2,1H3. The predicted molar refractivity (Wildman–Crippen MR) is 68.6 cm³/mol. The molecule has 3 N–H and O–H groups in total. The van der Waals surface area contributed by atoms with Gasteiger partial charge in [-0.3, -0.25) is 0 Å². The molecule has 0 radical (unpaired) electrons. The van der Waals surface area contributed by atoms with Crippen molar-refractivity contribution in [1.29, 1.82) is 0 Å². The number of fused-ring (bicyclic) bond motifs is 1. The molecular formula is C13H20N2O2. The van der Waals surface area contributed by atoms with Gasteiger partial charge in [-0.15, -0.1) is 0 Å². The van der Waals surface area contributed by atoms with Crippen LogP contribution >= 0.6 is 0 Å². The average molecular weight is 236 g/mol. The number of aliphatic hydroxyl groups is 1. The minimum Gasteiger partial charge on any atom is -0.493 e. The summed E-state index contributed by atoms with van der Waals surface area (Å²) in [4.78, 5) is 2.07. The summed E-state index contributed by atoms with van der Waals surface area (Å²) in [5.41, 5.74) is 8.12. The van der Waals surface area contributed by atoms with Gasteiger partial charge in [-0.25, -0.2) is 0 Å². The van der Waals surface area contributed by atoms with Crippen molar-refractivity contribution in [3.63, 3.8) is 0 Å². The first-order chi connectivity index (χ1) is 8.20. The second-order valence-corrected chi connectivity index (χ2v) is 4.57. The van der Waals surface area contributed by atoms with Crippen molar-refractivity contribution in [1.82, 2.24) is 0 Å². The molecule has 1 atom stereocenters. The van der Waals surface area contributed by atoms with Gasteiger partial charge in [-0.2, -0.15) is 0 Å². The quantitative estimate of drug-likeness (QED) is 0.810. The van der Waals surface area contributed by atoms with Crippen LogP contribution in [0.2, 0.25) is 0 Å². The first-order valence-electron chi connectivity index (χ1n) is 6.04. The van der Waals surface area contributed by atoms with E-state index < -0.39 is 0 Å². The van der Waals surface area contributed by atoms with Gasteiger partial charge in [0.2, 0.25) is 0 Å². The van der Waals surface area contributed by atoms with E-state index in [1.807, 2.05) is 19.2 Å². The third kappa shape index (κ3) is 2.90. The van der Waals surface area contributed by atoms with Gasteiger partial charge in [0.1, 0.15) is 5.75 Å². The van der Waals surface area contributed by atoms with Gasteiger partial charge in [-0.1, -0.05) is 0 Å². The lowest BCUT2D eigenvalue weighted by atomic mass is 10.1. The molecule has 17 heavy (non-hydrogen) atoms. The van der Waals surface area contributed by atoms with Crippen LogP contribution in [0, 0.1) is 0 Å². The Morgan fingerprint density at radius 1 is 1.53 bits per heavy atom. The Bertz CT molecular complexity index is 382. The molecule has 1 heterocycles. The van der Waals surface area contributed by atoms with E-state index in [1.165, 1.54) is 5.56 Å². The summed E-state index contributed by atoms with van der Waals surface area (Å²) in [5, 5.41) is 8.95.